The lowest BCUT2D eigenvalue weighted by molar-refractivity contribution is -0.133. The van der Waals surface area contributed by atoms with Crippen molar-refractivity contribution in [1.82, 2.24) is 4.98 Å². The van der Waals surface area contributed by atoms with Crippen LogP contribution in [-0.4, -0.2) is 34.4 Å². The first-order valence-electron chi connectivity index (χ1n) is 8.99. The van der Waals surface area contributed by atoms with Crippen LogP contribution in [0.5, 0.6) is 11.5 Å². The maximum Gasteiger partial charge on any atom is 0.313 e. The van der Waals surface area contributed by atoms with Crippen LogP contribution >= 0.6 is 23.1 Å². The van der Waals surface area contributed by atoms with E-state index in [2.05, 4.69) is 6.92 Å². The maximum atomic E-state index is 10.5. The number of nitrogens with zero attached hydrogens (tertiary/aromatic N) is 1. The Labute approximate surface area is 176 Å². The minimum absolute atomic E-state index is 0.0998. The van der Waals surface area contributed by atoms with Crippen LogP contribution in [0.4, 0.5) is 0 Å². The molecule has 0 saturated heterocycles. The molecule has 3 heterocycles. The molecule has 0 radical (unpaired) electrons. The number of aliphatic carboxylic acids is 1. The molecule has 0 aliphatic carbocycles. The third kappa shape index (κ3) is 4.83. The molecule has 0 atom stereocenters. The number of ether oxygens (including phenoxy) is 2. The van der Waals surface area contributed by atoms with Gasteiger partial charge < -0.3 is 19.0 Å². The van der Waals surface area contributed by atoms with Crippen LogP contribution in [0.2, 0.25) is 0 Å². The third-order valence-corrected chi connectivity index (χ3v) is 6.20. The molecule has 0 saturated carbocycles. The molecule has 8 heteroatoms. The molecule has 0 spiro atoms. The Morgan fingerprint density at radius 3 is 3.00 bits per heavy atom. The van der Waals surface area contributed by atoms with Crippen LogP contribution in [0.25, 0.3) is 16.6 Å². The second-order valence-corrected chi connectivity index (χ2v) is 8.62. The van der Waals surface area contributed by atoms with E-state index in [9.17, 15) is 4.79 Å². The van der Waals surface area contributed by atoms with Gasteiger partial charge in [-0.1, -0.05) is 6.08 Å². The number of rotatable bonds is 8. The average molecular weight is 430 g/mol. The van der Waals surface area contributed by atoms with Crippen molar-refractivity contribution in [3.8, 4) is 22.1 Å². The monoisotopic (exact) mass is 429 g/mol. The molecule has 1 aromatic carbocycles. The van der Waals surface area contributed by atoms with Gasteiger partial charge in [0.15, 0.2) is 11.5 Å². The number of thiazole rings is 1. The van der Waals surface area contributed by atoms with Gasteiger partial charge in [0, 0.05) is 22.6 Å². The highest BCUT2D eigenvalue weighted by atomic mass is 32.2. The van der Waals surface area contributed by atoms with E-state index in [1.54, 1.807) is 11.3 Å². The van der Waals surface area contributed by atoms with Crippen molar-refractivity contribution in [3.63, 3.8) is 0 Å². The molecule has 29 heavy (non-hydrogen) atoms. The molecular formula is C21H19NO5S2. The van der Waals surface area contributed by atoms with Crippen molar-refractivity contribution in [3.05, 3.63) is 58.5 Å². The molecular weight excluding hydrogens is 410 g/mol. The maximum absolute atomic E-state index is 10.5. The van der Waals surface area contributed by atoms with Crippen LogP contribution in [0.1, 0.15) is 22.1 Å². The second-order valence-electron chi connectivity index (χ2n) is 6.38. The number of carboxylic acid groups (broad SMARTS) is 1. The Morgan fingerprint density at radius 1 is 1.28 bits per heavy atom. The zero-order valence-electron chi connectivity index (χ0n) is 15.7. The first kappa shape index (κ1) is 19.6. The van der Waals surface area contributed by atoms with Crippen molar-refractivity contribution in [2.24, 2.45) is 0 Å². The number of furan rings is 1. The smallest absolute Gasteiger partial charge is 0.313 e. The number of hydrogen-bond acceptors (Lipinski definition) is 7. The second kappa shape index (κ2) is 8.75. The first-order chi connectivity index (χ1) is 14.1. The van der Waals surface area contributed by atoms with Crippen LogP contribution < -0.4 is 9.47 Å². The van der Waals surface area contributed by atoms with Gasteiger partial charge in [0.05, 0.1) is 11.4 Å². The number of carbonyl (C=O) groups is 1. The Hall–Kier alpha value is -2.71. The van der Waals surface area contributed by atoms with E-state index in [-0.39, 0.29) is 12.5 Å². The highest BCUT2D eigenvalue weighted by Gasteiger charge is 2.17. The summed E-state index contributed by atoms with van der Waals surface area (Å²) < 4.78 is 16.7. The minimum atomic E-state index is -0.803. The van der Waals surface area contributed by atoms with Crippen LogP contribution in [-0.2, 0) is 11.2 Å². The number of hydrogen-bond donors (Lipinski definition) is 1. The lowest BCUT2D eigenvalue weighted by atomic mass is 10.2. The third-order valence-electron chi connectivity index (χ3n) is 4.26. The van der Waals surface area contributed by atoms with Crippen molar-refractivity contribution in [1.29, 1.82) is 0 Å². The first-order valence-corrected chi connectivity index (χ1v) is 11.0. The molecule has 0 unspecified atom stereocenters. The molecule has 2 aromatic heterocycles. The van der Waals surface area contributed by atoms with E-state index in [0.29, 0.717) is 12.2 Å². The molecule has 1 aliphatic rings. The van der Waals surface area contributed by atoms with E-state index < -0.39 is 5.97 Å². The van der Waals surface area contributed by atoms with Gasteiger partial charge in [-0.25, -0.2) is 4.98 Å². The summed E-state index contributed by atoms with van der Waals surface area (Å²) >= 11 is 2.99. The van der Waals surface area contributed by atoms with Crippen molar-refractivity contribution in [2.45, 2.75) is 13.3 Å². The van der Waals surface area contributed by atoms with E-state index in [0.717, 1.165) is 44.2 Å². The van der Waals surface area contributed by atoms with E-state index >= 15 is 0 Å². The fourth-order valence-corrected chi connectivity index (χ4v) is 4.32. The molecule has 1 N–H and O–H groups in total. The summed E-state index contributed by atoms with van der Waals surface area (Å²) in [7, 11) is 0. The van der Waals surface area contributed by atoms with E-state index in [4.69, 9.17) is 24.0 Å². The number of thioether (sulfide) groups is 1. The Balaban J connectivity index is 1.41. The van der Waals surface area contributed by atoms with Gasteiger partial charge in [-0.2, -0.15) is 0 Å². The van der Waals surface area contributed by atoms with Gasteiger partial charge in [-0.3, -0.25) is 4.79 Å². The predicted molar refractivity (Wildman–Crippen MR) is 114 cm³/mol. The van der Waals surface area contributed by atoms with Crippen molar-refractivity contribution >= 4 is 35.1 Å². The lowest BCUT2D eigenvalue weighted by Crippen LogP contribution is -1.97. The summed E-state index contributed by atoms with van der Waals surface area (Å²) in [5.74, 6) is 3.03. The fraction of sp³-hybridized carbons (Fsp3) is 0.238. The molecule has 6 nitrogen and oxygen atoms in total. The molecule has 1 aliphatic heterocycles. The summed E-state index contributed by atoms with van der Waals surface area (Å²) in [6, 6.07) is 9.72. The number of aryl methyl sites for hydroxylation is 1. The van der Waals surface area contributed by atoms with Gasteiger partial charge in [0.25, 0.3) is 0 Å². The number of carboxylic acids is 1. The van der Waals surface area contributed by atoms with Gasteiger partial charge in [-0.05, 0) is 43.3 Å². The molecule has 3 aromatic rings. The van der Waals surface area contributed by atoms with Crippen molar-refractivity contribution in [2.75, 3.05) is 18.3 Å². The summed E-state index contributed by atoms with van der Waals surface area (Å²) in [6.45, 7) is 2.32. The summed E-state index contributed by atoms with van der Waals surface area (Å²) in [5.41, 5.74) is 2.00. The lowest BCUT2D eigenvalue weighted by Gasteiger charge is -1.99. The zero-order valence-corrected chi connectivity index (χ0v) is 17.3. The van der Waals surface area contributed by atoms with Crippen molar-refractivity contribution < 1.29 is 23.8 Å². The highest BCUT2D eigenvalue weighted by Crippen LogP contribution is 2.37. The van der Waals surface area contributed by atoms with E-state index in [1.165, 1.54) is 11.8 Å². The van der Waals surface area contributed by atoms with Gasteiger partial charge in [0.2, 0.25) is 6.79 Å². The Kier molecular flexibility index (Phi) is 5.92. The molecule has 4 rings (SSSR count). The van der Waals surface area contributed by atoms with Gasteiger partial charge in [0.1, 0.15) is 16.5 Å². The summed E-state index contributed by atoms with van der Waals surface area (Å²) in [5, 5.41) is 9.57. The quantitative estimate of drug-likeness (QED) is 0.512. The normalized spacial score (nSPS) is 12.7. The zero-order chi connectivity index (χ0) is 20.2. The number of aromatic nitrogens is 1. The average Bonchev–Trinajstić information content (AvgIpc) is 3.41. The molecule has 0 amide bonds. The van der Waals surface area contributed by atoms with Gasteiger partial charge in [-0.15, -0.1) is 23.1 Å². The minimum Gasteiger partial charge on any atom is -0.481 e. The predicted octanol–water partition coefficient (Wildman–Crippen LogP) is 4.86. The Morgan fingerprint density at radius 2 is 2.14 bits per heavy atom. The summed E-state index contributed by atoms with van der Waals surface area (Å²) in [4.78, 5) is 16.4. The van der Waals surface area contributed by atoms with Gasteiger partial charge >= 0.3 is 5.97 Å². The molecule has 150 valence electrons. The standard InChI is InChI=1S/C21H19NO5S2/c1-13-17(10-16-6-5-15(27-16)3-2-8-28-11-20(23)24)22-21(29-13)14-4-7-18-19(9-14)26-12-25-18/h2-7,9H,8,10-12H2,1H3,(H,23,24)/b3-2+. The molecule has 0 bridgehead atoms. The van der Waals surface area contributed by atoms with Crippen LogP contribution in [0.15, 0.2) is 40.8 Å². The highest BCUT2D eigenvalue weighted by molar-refractivity contribution is 8.00. The van der Waals surface area contributed by atoms with Crippen LogP contribution in [0, 0.1) is 6.92 Å². The SMILES string of the molecule is Cc1sc(-c2ccc3c(c2)OCO3)nc1Cc1ccc(/C=C/CSCC(=O)O)o1. The Bertz CT molecular complexity index is 1050. The van der Waals surface area contributed by atoms with Crippen LogP contribution in [0.3, 0.4) is 0 Å². The topological polar surface area (TPSA) is 81.8 Å². The fourth-order valence-electron chi connectivity index (χ4n) is 2.87. The largest absolute Gasteiger partial charge is 0.481 e. The summed E-state index contributed by atoms with van der Waals surface area (Å²) in [6.07, 6.45) is 4.39. The molecule has 0 fully saturated rings. The number of benzene rings is 1. The number of fused-ring (bicyclic) bond motifs is 1. The van der Waals surface area contributed by atoms with E-state index in [1.807, 2.05) is 42.5 Å².